The summed E-state index contributed by atoms with van der Waals surface area (Å²) in [5.41, 5.74) is 7.97. The lowest BCUT2D eigenvalue weighted by atomic mass is 9.87. The minimum Gasteiger partial charge on any atom is -0.360 e. The van der Waals surface area contributed by atoms with Crippen molar-refractivity contribution in [2.45, 2.75) is 12.8 Å². The molecule has 0 bridgehead atoms. The van der Waals surface area contributed by atoms with Crippen LogP contribution in [-0.2, 0) is 12.8 Å². The lowest BCUT2D eigenvalue weighted by Crippen LogP contribution is -2.03. The van der Waals surface area contributed by atoms with Gasteiger partial charge < -0.3 is 4.98 Å². The fourth-order valence-electron chi connectivity index (χ4n) is 2.97. The molecule has 2 aromatic heterocycles. The number of nitrogens with zero attached hydrogens (tertiary/aromatic N) is 1. The van der Waals surface area contributed by atoms with Crippen molar-refractivity contribution in [3.05, 3.63) is 66.1 Å². The van der Waals surface area contributed by atoms with Crippen molar-refractivity contribution in [3.63, 3.8) is 0 Å². The highest BCUT2D eigenvalue weighted by Gasteiger charge is 2.20. The van der Waals surface area contributed by atoms with E-state index in [0.29, 0.717) is 0 Å². The molecule has 1 N–H and O–H groups in total. The highest BCUT2D eigenvalue weighted by atomic mass is 14.7. The van der Waals surface area contributed by atoms with Gasteiger partial charge in [0.15, 0.2) is 0 Å². The van der Waals surface area contributed by atoms with Crippen LogP contribution in [0.5, 0.6) is 0 Å². The molecule has 3 aromatic rings. The monoisotopic (exact) mass is 246 g/mol. The molecule has 0 saturated heterocycles. The van der Waals surface area contributed by atoms with E-state index in [1.807, 2.05) is 18.5 Å². The van der Waals surface area contributed by atoms with E-state index >= 15 is 0 Å². The average Bonchev–Trinajstić information content (AvgIpc) is 2.92. The Kier molecular flexibility index (Phi) is 2.27. The molecule has 0 saturated carbocycles. The van der Waals surface area contributed by atoms with Crippen LogP contribution < -0.4 is 0 Å². The summed E-state index contributed by atoms with van der Waals surface area (Å²) in [6.07, 6.45) is 8.08. The van der Waals surface area contributed by atoms with Crippen molar-refractivity contribution in [1.82, 2.24) is 9.97 Å². The third-order valence-corrected chi connectivity index (χ3v) is 3.89. The molecule has 0 atom stereocenters. The molecular formula is C17H14N2. The van der Waals surface area contributed by atoms with E-state index in [0.717, 1.165) is 12.8 Å². The van der Waals surface area contributed by atoms with Gasteiger partial charge in [-0.1, -0.05) is 30.3 Å². The van der Waals surface area contributed by atoms with Gasteiger partial charge in [-0.25, -0.2) is 0 Å². The van der Waals surface area contributed by atoms with E-state index in [2.05, 4.69) is 46.5 Å². The second kappa shape index (κ2) is 4.09. The van der Waals surface area contributed by atoms with Crippen molar-refractivity contribution in [1.29, 1.82) is 0 Å². The second-order valence-corrected chi connectivity index (χ2v) is 4.95. The number of aromatic amines is 1. The Morgan fingerprint density at radius 3 is 2.79 bits per heavy atom. The molecule has 1 aromatic carbocycles. The third kappa shape index (κ3) is 1.60. The number of hydrogen-bond acceptors (Lipinski definition) is 1. The number of pyridine rings is 1. The second-order valence-electron chi connectivity index (χ2n) is 4.95. The average molecular weight is 246 g/mol. The van der Waals surface area contributed by atoms with Gasteiger partial charge in [0.05, 0.1) is 0 Å². The topological polar surface area (TPSA) is 28.7 Å². The van der Waals surface area contributed by atoms with Gasteiger partial charge in [0.25, 0.3) is 0 Å². The van der Waals surface area contributed by atoms with Crippen molar-refractivity contribution < 1.29 is 0 Å². The standard InChI is InChI=1S/C17H14N2/c1-2-6-14-12(4-1)7-8-15-16(11-19-17(14)15)13-5-3-9-18-10-13/h1-6,9-11,19H,7-8H2. The zero-order valence-electron chi connectivity index (χ0n) is 10.6. The van der Waals surface area contributed by atoms with Crippen molar-refractivity contribution in [2.75, 3.05) is 0 Å². The fraction of sp³-hybridized carbons (Fsp3) is 0.118. The minimum absolute atomic E-state index is 1.10. The maximum absolute atomic E-state index is 4.22. The summed E-state index contributed by atoms with van der Waals surface area (Å²) in [5.74, 6) is 0. The largest absolute Gasteiger partial charge is 0.360 e. The van der Waals surface area contributed by atoms with E-state index in [9.17, 15) is 0 Å². The summed E-state index contributed by atoms with van der Waals surface area (Å²) in [4.78, 5) is 7.67. The van der Waals surface area contributed by atoms with Gasteiger partial charge in [0.2, 0.25) is 0 Å². The van der Waals surface area contributed by atoms with Gasteiger partial charge in [-0.3, -0.25) is 4.98 Å². The highest BCUT2D eigenvalue weighted by Crippen LogP contribution is 2.37. The van der Waals surface area contributed by atoms with Crippen LogP contribution in [0, 0.1) is 0 Å². The van der Waals surface area contributed by atoms with Crippen LogP contribution in [0.4, 0.5) is 0 Å². The summed E-state index contributed by atoms with van der Waals surface area (Å²) in [7, 11) is 0. The van der Waals surface area contributed by atoms with Crippen LogP contribution in [-0.4, -0.2) is 9.97 Å². The Bertz CT molecular complexity index is 713. The first-order valence-electron chi connectivity index (χ1n) is 6.62. The van der Waals surface area contributed by atoms with Crippen LogP contribution in [0.1, 0.15) is 11.1 Å². The molecule has 0 fully saturated rings. The normalized spacial score (nSPS) is 12.8. The SMILES string of the molecule is c1cncc(-c2c[nH]c3c2CCc2ccccc2-3)c1. The molecule has 1 aliphatic rings. The van der Waals surface area contributed by atoms with Crippen LogP contribution in [0.15, 0.2) is 55.0 Å². The van der Waals surface area contributed by atoms with E-state index in [4.69, 9.17) is 0 Å². The van der Waals surface area contributed by atoms with Gasteiger partial charge in [-0.05, 0) is 30.0 Å². The Hall–Kier alpha value is -2.35. The summed E-state index contributed by atoms with van der Waals surface area (Å²) in [6, 6.07) is 12.8. The highest BCUT2D eigenvalue weighted by molar-refractivity contribution is 5.79. The number of aryl methyl sites for hydroxylation is 1. The van der Waals surface area contributed by atoms with Crippen LogP contribution in [0.25, 0.3) is 22.4 Å². The predicted octanol–water partition coefficient (Wildman–Crippen LogP) is 3.84. The van der Waals surface area contributed by atoms with Gasteiger partial charge in [0.1, 0.15) is 0 Å². The van der Waals surface area contributed by atoms with Gasteiger partial charge in [0, 0.05) is 41.0 Å². The lowest BCUT2D eigenvalue weighted by Gasteiger charge is -2.17. The molecule has 4 rings (SSSR count). The molecule has 0 unspecified atom stereocenters. The number of hydrogen-bond donors (Lipinski definition) is 1. The maximum atomic E-state index is 4.22. The zero-order chi connectivity index (χ0) is 12.7. The number of benzene rings is 1. The van der Waals surface area contributed by atoms with Crippen LogP contribution in [0.3, 0.4) is 0 Å². The summed E-state index contributed by atoms with van der Waals surface area (Å²) in [5, 5.41) is 0. The molecule has 0 aliphatic heterocycles. The number of aromatic nitrogens is 2. The summed E-state index contributed by atoms with van der Waals surface area (Å²) < 4.78 is 0. The minimum atomic E-state index is 1.10. The Morgan fingerprint density at radius 2 is 1.89 bits per heavy atom. The van der Waals surface area contributed by atoms with E-state index in [1.165, 1.54) is 33.5 Å². The first kappa shape index (κ1) is 10.6. The molecular weight excluding hydrogens is 232 g/mol. The lowest BCUT2D eigenvalue weighted by molar-refractivity contribution is 0.943. The predicted molar refractivity (Wildman–Crippen MR) is 76.9 cm³/mol. The third-order valence-electron chi connectivity index (χ3n) is 3.89. The molecule has 92 valence electrons. The molecule has 2 heterocycles. The Balaban J connectivity index is 1.91. The number of rotatable bonds is 1. The van der Waals surface area contributed by atoms with Gasteiger partial charge in [-0.2, -0.15) is 0 Å². The molecule has 0 spiro atoms. The number of H-pyrrole nitrogens is 1. The molecule has 0 radical (unpaired) electrons. The summed E-state index contributed by atoms with van der Waals surface area (Å²) in [6.45, 7) is 0. The van der Waals surface area contributed by atoms with Gasteiger partial charge >= 0.3 is 0 Å². The molecule has 2 heteroatoms. The van der Waals surface area contributed by atoms with Crippen molar-refractivity contribution in [2.24, 2.45) is 0 Å². The fourth-order valence-corrected chi connectivity index (χ4v) is 2.97. The molecule has 0 amide bonds. The molecule has 1 aliphatic carbocycles. The molecule has 2 nitrogen and oxygen atoms in total. The smallest absolute Gasteiger partial charge is 0.0495 e. The zero-order valence-corrected chi connectivity index (χ0v) is 10.6. The van der Waals surface area contributed by atoms with Crippen molar-refractivity contribution >= 4 is 0 Å². The van der Waals surface area contributed by atoms with Crippen molar-refractivity contribution in [3.8, 4) is 22.4 Å². The Morgan fingerprint density at radius 1 is 0.947 bits per heavy atom. The van der Waals surface area contributed by atoms with Crippen LogP contribution in [0.2, 0.25) is 0 Å². The van der Waals surface area contributed by atoms with E-state index < -0.39 is 0 Å². The van der Waals surface area contributed by atoms with Gasteiger partial charge in [-0.15, -0.1) is 0 Å². The molecule has 19 heavy (non-hydrogen) atoms. The maximum Gasteiger partial charge on any atom is 0.0495 e. The number of fused-ring (bicyclic) bond motifs is 3. The number of nitrogens with one attached hydrogen (secondary N) is 1. The first-order valence-corrected chi connectivity index (χ1v) is 6.62. The summed E-state index contributed by atoms with van der Waals surface area (Å²) >= 11 is 0. The van der Waals surface area contributed by atoms with E-state index in [1.54, 1.807) is 0 Å². The van der Waals surface area contributed by atoms with Crippen LogP contribution >= 0.6 is 0 Å². The first-order chi connectivity index (χ1) is 9.43. The van der Waals surface area contributed by atoms with E-state index in [-0.39, 0.29) is 0 Å². The quantitative estimate of drug-likeness (QED) is 0.694. The Labute approximate surface area is 112 Å².